The van der Waals surface area contributed by atoms with Gasteiger partial charge in [0.1, 0.15) is 5.75 Å². The number of rotatable bonds is 6. The minimum Gasteiger partial charge on any atom is -0.496 e. The van der Waals surface area contributed by atoms with Crippen LogP contribution >= 0.6 is 12.4 Å². The molecule has 0 unspecified atom stereocenters. The van der Waals surface area contributed by atoms with Crippen LogP contribution in [0.3, 0.4) is 0 Å². The summed E-state index contributed by atoms with van der Waals surface area (Å²) in [5.74, 6) is 0.473. The van der Waals surface area contributed by atoms with E-state index < -0.39 is 14.6 Å². The first-order valence-corrected chi connectivity index (χ1v) is 11.6. The fraction of sp³-hybridized carbons (Fsp3) is 0.650. The summed E-state index contributed by atoms with van der Waals surface area (Å²) in [4.78, 5) is 13.1. The standard InChI is InChI=1S/C20H30N2O4S.ClH/c1-26-17-8-4-3-7-16(17)19(9-5-6-10-19)15-22-18(23)20(27(2,24)25)11-13-21-14-12-20;/h3-4,7-8,21H,5-6,9-15H2,1-2H3,(H,22,23);1H. The van der Waals surface area contributed by atoms with E-state index in [-0.39, 0.29) is 23.7 Å². The van der Waals surface area contributed by atoms with Crippen molar-refractivity contribution in [1.29, 1.82) is 0 Å². The Morgan fingerprint density at radius 1 is 1.14 bits per heavy atom. The molecule has 158 valence electrons. The molecule has 2 aliphatic rings. The van der Waals surface area contributed by atoms with Gasteiger partial charge in [-0.15, -0.1) is 12.4 Å². The Labute approximate surface area is 174 Å². The van der Waals surface area contributed by atoms with Crippen molar-refractivity contribution in [3.8, 4) is 5.75 Å². The van der Waals surface area contributed by atoms with Gasteiger partial charge in [0.25, 0.3) is 0 Å². The van der Waals surface area contributed by atoms with E-state index in [2.05, 4.69) is 16.7 Å². The molecule has 8 heteroatoms. The highest BCUT2D eigenvalue weighted by atomic mass is 35.5. The van der Waals surface area contributed by atoms with Gasteiger partial charge in [0.15, 0.2) is 14.6 Å². The largest absolute Gasteiger partial charge is 0.496 e. The molecule has 1 saturated carbocycles. The highest BCUT2D eigenvalue weighted by molar-refractivity contribution is 7.92. The third kappa shape index (κ3) is 4.16. The third-order valence-electron chi connectivity index (χ3n) is 6.36. The summed E-state index contributed by atoms with van der Waals surface area (Å²) < 4.78 is 29.2. The molecule has 0 atom stereocenters. The number of benzene rings is 1. The Kier molecular flexibility index (Phi) is 7.39. The molecule has 0 radical (unpaired) electrons. The topological polar surface area (TPSA) is 84.5 Å². The Hall–Kier alpha value is -1.31. The molecule has 1 saturated heterocycles. The maximum Gasteiger partial charge on any atom is 0.241 e. The predicted molar refractivity (Wildman–Crippen MR) is 113 cm³/mol. The minimum atomic E-state index is -3.51. The molecule has 1 aliphatic carbocycles. The maximum atomic E-state index is 13.1. The first-order valence-electron chi connectivity index (χ1n) is 9.67. The van der Waals surface area contributed by atoms with Crippen LogP contribution in [-0.4, -0.2) is 52.1 Å². The van der Waals surface area contributed by atoms with Crippen molar-refractivity contribution in [2.45, 2.75) is 48.7 Å². The highest BCUT2D eigenvalue weighted by Crippen LogP contribution is 2.44. The lowest BCUT2D eigenvalue weighted by atomic mass is 9.78. The number of para-hydroxylation sites is 1. The molecule has 1 aliphatic heterocycles. The quantitative estimate of drug-likeness (QED) is 0.722. The van der Waals surface area contributed by atoms with Crippen LogP contribution in [0.5, 0.6) is 5.75 Å². The lowest BCUT2D eigenvalue weighted by molar-refractivity contribution is -0.124. The average Bonchev–Trinajstić information content (AvgIpc) is 3.15. The van der Waals surface area contributed by atoms with Crippen molar-refractivity contribution in [2.24, 2.45) is 0 Å². The van der Waals surface area contributed by atoms with Crippen LogP contribution in [-0.2, 0) is 20.0 Å². The van der Waals surface area contributed by atoms with Crippen LogP contribution in [0.15, 0.2) is 24.3 Å². The molecule has 1 aromatic rings. The third-order valence-corrected chi connectivity index (χ3v) is 8.37. The molecular formula is C20H31ClN2O4S. The van der Waals surface area contributed by atoms with E-state index in [1.165, 1.54) is 6.26 Å². The number of nitrogens with one attached hydrogen (secondary N) is 2. The fourth-order valence-corrected chi connectivity index (χ4v) is 6.04. The van der Waals surface area contributed by atoms with Crippen molar-refractivity contribution in [3.05, 3.63) is 29.8 Å². The van der Waals surface area contributed by atoms with Gasteiger partial charge in [-0.1, -0.05) is 31.0 Å². The molecule has 6 nitrogen and oxygen atoms in total. The first kappa shape index (κ1) is 23.0. The van der Waals surface area contributed by atoms with E-state index in [0.717, 1.165) is 37.0 Å². The van der Waals surface area contributed by atoms with Gasteiger partial charge in [0, 0.05) is 23.8 Å². The maximum absolute atomic E-state index is 13.1. The Morgan fingerprint density at radius 3 is 2.32 bits per heavy atom. The summed E-state index contributed by atoms with van der Waals surface area (Å²) in [6, 6.07) is 7.94. The average molecular weight is 431 g/mol. The second-order valence-corrected chi connectivity index (χ2v) is 10.2. The normalized spacial score (nSPS) is 20.8. The fourth-order valence-electron chi connectivity index (χ4n) is 4.68. The number of hydrogen-bond acceptors (Lipinski definition) is 5. The zero-order valence-electron chi connectivity index (χ0n) is 16.6. The highest BCUT2D eigenvalue weighted by Gasteiger charge is 2.49. The number of ether oxygens (including phenoxy) is 1. The van der Waals surface area contributed by atoms with Crippen LogP contribution in [0.25, 0.3) is 0 Å². The summed E-state index contributed by atoms with van der Waals surface area (Å²) >= 11 is 0. The van der Waals surface area contributed by atoms with E-state index in [1.807, 2.05) is 18.2 Å². The zero-order valence-corrected chi connectivity index (χ0v) is 18.3. The number of carbonyl (C=O) groups excluding carboxylic acids is 1. The summed E-state index contributed by atoms with van der Waals surface area (Å²) in [5.41, 5.74) is 0.900. The van der Waals surface area contributed by atoms with Crippen molar-refractivity contribution in [2.75, 3.05) is 33.0 Å². The van der Waals surface area contributed by atoms with Crippen LogP contribution in [0.1, 0.15) is 44.1 Å². The van der Waals surface area contributed by atoms with Crippen molar-refractivity contribution in [3.63, 3.8) is 0 Å². The van der Waals surface area contributed by atoms with Crippen LogP contribution < -0.4 is 15.4 Å². The zero-order chi connectivity index (χ0) is 19.5. The summed E-state index contributed by atoms with van der Waals surface area (Å²) in [6.45, 7) is 1.52. The van der Waals surface area contributed by atoms with E-state index in [0.29, 0.717) is 32.5 Å². The van der Waals surface area contributed by atoms with Gasteiger partial charge < -0.3 is 15.4 Å². The van der Waals surface area contributed by atoms with Crippen LogP contribution in [0.2, 0.25) is 0 Å². The molecule has 0 bridgehead atoms. The Bertz CT molecular complexity index is 785. The Balaban J connectivity index is 0.00000280. The summed E-state index contributed by atoms with van der Waals surface area (Å²) in [5, 5.41) is 6.18. The first-order chi connectivity index (χ1) is 12.8. The molecule has 0 aromatic heterocycles. The molecule has 0 spiro atoms. The number of piperidine rings is 1. The molecule has 3 rings (SSSR count). The number of amides is 1. The van der Waals surface area contributed by atoms with Gasteiger partial charge in [-0.25, -0.2) is 8.42 Å². The second kappa shape index (κ2) is 9.01. The number of methoxy groups -OCH3 is 1. The van der Waals surface area contributed by atoms with Crippen molar-refractivity contribution >= 4 is 28.2 Å². The van der Waals surface area contributed by atoms with E-state index in [1.54, 1.807) is 7.11 Å². The number of sulfone groups is 1. The Morgan fingerprint density at radius 2 is 1.75 bits per heavy atom. The number of halogens is 1. The smallest absolute Gasteiger partial charge is 0.241 e. The van der Waals surface area contributed by atoms with Gasteiger partial charge >= 0.3 is 0 Å². The lowest BCUT2D eigenvalue weighted by Gasteiger charge is -2.37. The SMILES string of the molecule is COc1ccccc1C1(CNC(=O)C2(S(C)(=O)=O)CCNCC2)CCCC1.Cl. The summed E-state index contributed by atoms with van der Waals surface area (Å²) in [7, 11) is -1.85. The van der Waals surface area contributed by atoms with Crippen LogP contribution in [0, 0.1) is 0 Å². The minimum absolute atomic E-state index is 0. The van der Waals surface area contributed by atoms with Gasteiger partial charge in [-0.05, 0) is 44.8 Å². The predicted octanol–water partition coefficient (Wildman–Crippen LogP) is 2.21. The monoisotopic (exact) mass is 430 g/mol. The molecule has 1 aromatic carbocycles. The number of hydrogen-bond donors (Lipinski definition) is 2. The van der Waals surface area contributed by atoms with Gasteiger partial charge in [-0.3, -0.25) is 4.79 Å². The molecule has 1 amide bonds. The van der Waals surface area contributed by atoms with Gasteiger partial charge in [0.05, 0.1) is 7.11 Å². The molecule has 1 heterocycles. The van der Waals surface area contributed by atoms with Crippen molar-refractivity contribution in [1.82, 2.24) is 10.6 Å². The van der Waals surface area contributed by atoms with Gasteiger partial charge in [0.2, 0.25) is 5.91 Å². The number of carbonyl (C=O) groups is 1. The lowest BCUT2D eigenvalue weighted by Crippen LogP contribution is -2.58. The van der Waals surface area contributed by atoms with E-state index in [9.17, 15) is 13.2 Å². The molecule has 2 N–H and O–H groups in total. The second-order valence-electron chi connectivity index (χ2n) is 7.89. The molecule has 2 fully saturated rings. The molecule has 28 heavy (non-hydrogen) atoms. The van der Waals surface area contributed by atoms with E-state index >= 15 is 0 Å². The van der Waals surface area contributed by atoms with Crippen molar-refractivity contribution < 1.29 is 17.9 Å². The van der Waals surface area contributed by atoms with E-state index in [4.69, 9.17) is 4.74 Å². The van der Waals surface area contributed by atoms with Crippen LogP contribution in [0.4, 0.5) is 0 Å². The van der Waals surface area contributed by atoms with Gasteiger partial charge in [-0.2, -0.15) is 0 Å². The molecular weight excluding hydrogens is 400 g/mol. The summed E-state index contributed by atoms with van der Waals surface area (Å²) in [6.07, 6.45) is 5.92.